The lowest BCUT2D eigenvalue weighted by Gasteiger charge is -2.20. The maximum atomic E-state index is 2.30. The van der Waals surface area contributed by atoms with Crippen LogP contribution in [0.2, 0.25) is 0 Å². The van der Waals surface area contributed by atoms with Gasteiger partial charge in [-0.05, 0) is 91.2 Å². The average Bonchev–Trinajstić information content (AvgIpc) is 3.05. The number of aryl methyl sites for hydroxylation is 1. The summed E-state index contributed by atoms with van der Waals surface area (Å²) in [5.41, 5.74) is 8.93. The van der Waals surface area contributed by atoms with E-state index in [0.717, 1.165) is 6.42 Å². The van der Waals surface area contributed by atoms with E-state index in [1.807, 2.05) is 11.8 Å². The van der Waals surface area contributed by atoms with Crippen molar-refractivity contribution in [3.05, 3.63) is 157 Å². The number of benzene rings is 7. The molecular weight excluding hydrogens is 513 g/mol. The first-order valence-corrected chi connectivity index (χ1v) is 15.1. The van der Waals surface area contributed by atoms with Crippen LogP contribution in [0.4, 0.5) is 0 Å². The molecule has 0 fully saturated rings. The highest BCUT2D eigenvalue weighted by molar-refractivity contribution is 7.99. The standard InChI is InChI=1S/C40H30S/c1-2-28-20-24-32(25-21-28)41-33-26-22-29(23-27-33)34-18-11-19-37-38(30-12-5-3-6-13-30)35-16-9-10-17-36(35)39(40(34)37)31-14-7-4-8-15-31/h3-27H,2H2,1H3. The molecule has 0 radical (unpaired) electrons. The van der Waals surface area contributed by atoms with E-state index in [1.165, 1.54) is 70.3 Å². The highest BCUT2D eigenvalue weighted by Gasteiger charge is 2.19. The highest BCUT2D eigenvalue weighted by atomic mass is 32.2. The lowest BCUT2D eigenvalue weighted by Crippen LogP contribution is -1.93. The first kappa shape index (κ1) is 25.4. The minimum absolute atomic E-state index is 1.07. The van der Waals surface area contributed by atoms with Gasteiger partial charge < -0.3 is 0 Å². The fraction of sp³-hybridized carbons (Fsp3) is 0.0500. The van der Waals surface area contributed by atoms with Gasteiger partial charge in [0.25, 0.3) is 0 Å². The quantitative estimate of drug-likeness (QED) is 0.188. The zero-order chi connectivity index (χ0) is 27.6. The molecule has 0 aliphatic carbocycles. The van der Waals surface area contributed by atoms with Crippen LogP contribution in [0, 0.1) is 0 Å². The predicted octanol–water partition coefficient (Wildman–Crippen LogP) is 11.7. The van der Waals surface area contributed by atoms with Crippen molar-refractivity contribution in [3.63, 3.8) is 0 Å². The van der Waals surface area contributed by atoms with Gasteiger partial charge in [-0.1, -0.05) is 146 Å². The van der Waals surface area contributed by atoms with Gasteiger partial charge in [0.05, 0.1) is 0 Å². The van der Waals surface area contributed by atoms with Gasteiger partial charge in [-0.25, -0.2) is 0 Å². The molecule has 196 valence electrons. The Morgan fingerprint density at radius 2 is 0.927 bits per heavy atom. The smallest absolute Gasteiger partial charge is 0.0122 e. The van der Waals surface area contributed by atoms with Gasteiger partial charge >= 0.3 is 0 Å². The molecule has 0 aliphatic heterocycles. The highest BCUT2D eigenvalue weighted by Crippen LogP contribution is 2.47. The summed E-state index contributed by atoms with van der Waals surface area (Å²) in [6.45, 7) is 2.20. The average molecular weight is 543 g/mol. The van der Waals surface area contributed by atoms with Crippen LogP contribution in [0.5, 0.6) is 0 Å². The molecule has 0 saturated carbocycles. The van der Waals surface area contributed by atoms with Gasteiger partial charge in [0.1, 0.15) is 0 Å². The minimum Gasteiger partial charge on any atom is -0.0901 e. The van der Waals surface area contributed by atoms with Crippen LogP contribution in [-0.2, 0) is 6.42 Å². The Hall–Kier alpha value is -4.59. The van der Waals surface area contributed by atoms with E-state index >= 15 is 0 Å². The summed E-state index contributed by atoms with van der Waals surface area (Å²) in [5, 5.41) is 5.13. The van der Waals surface area contributed by atoms with Crippen molar-refractivity contribution in [2.75, 3.05) is 0 Å². The van der Waals surface area contributed by atoms with Gasteiger partial charge in [-0.3, -0.25) is 0 Å². The lowest BCUT2D eigenvalue weighted by molar-refractivity contribution is 1.13. The van der Waals surface area contributed by atoms with Crippen molar-refractivity contribution in [2.24, 2.45) is 0 Å². The van der Waals surface area contributed by atoms with Crippen LogP contribution in [-0.4, -0.2) is 0 Å². The molecule has 1 heteroatoms. The first-order chi connectivity index (χ1) is 20.3. The van der Waals surface area contributed by atoms with Gasteiger partial charge in [0.2, 0.25) is 0 Å². The Morgan fingerprint density at radius 1 is 0.415 bits per heavy atom. The second kappa shape index (κ2) is 11.1. The summed E-state index contributed by atoms with van der Waals surface area (Å²) < 4.78 is 0. The van der Waals surface area contributed by atoms with Crippen LogP contribution < -0.4 is 0 Å². The van der Waals surface area contributed by atoms with E-state index in [-0.39, 0.29) is 0 Å². The second-order valence-corrected chi connectivity index (χ2v) is 11.5. The summed E-state index contributed by atoms with van der Waals surface area (Å²) in [6.07, 6.45) is 1.07. The van der Waals surface area contributed by atoms with E-state index in [1.54, 1.807) is 0 Å². The van der Waals surface area contributed by atoms with Crippen molar-refractivity contribution in [1.29, 1.82) is 0 Å². The molecule has 0 bridgehead atoms. The van der Waals surface area contributed by atoms with Gasteiger partial charge in [-0.2, -0.15) is 0 Å². The monoisotopic (exact) mass is 542 g/mol. The van der Waals surface area contributed by atoms with E-state index in [4.69, 9.17) is 0 Å². The zero-order valence-electron chi connectivity index (χ0n) is 23.0. The van der Waals surface area contributed by atoms with Crippen LogP contribution in [0.3, 0.4) is 0 Å². The lowest BCUT2D eigenvalue weighted by atomic mass is 9.83. The van der Waals surface area contributed by atoms with Crippen molar-refractivity contribution in [1.82, 2.24) is 0 Å². The molecule has 0 saturated heterocycles. The van der Waals surface area contributed by atoms with E-state index in [2.05, 4.69) is 159 Å². The van der Waals surface area contributed by atoms with E-state index < -0.39 is 0 Å². The fourth-order valence-electron chi connectivity index (χ4n) is 5.92. The molecule has 0 aromatic heterocycles. The molecule has 7 rings (SSSR count). The zero-order valence-corrected chi connectivity index (χ0v) is 23.9. The number of hydrogen-bond acceptors (Lipinski definition) is 1. The molecule has 7 aromatic carbocycles. The topological polar surface area (TPSA) is 0 Å². The summed E-state index contributed by atoms with van der Waals surface area (Å²) in [6, 6.07) is 55.3. The Labute approximate surface area is 246 Å². The summed E-state index contributed by atoms with van der Waals surface area (Å²) in [7, 11) is 0. The number of rotatable bonds is 6. The summed E-state index contributed by atoms with van der Waals surface area (Å²) in [4.78, 5) is 2.52. The fourth-order valence-corrected chi connectivity index (χ4v) is 6.74. The van der Waals surface area contributed by atoms with E-state index in [9.17, 15) is 0 Å². The summed E-state index contributed by atoms with van der Waals surface area (Å²) >= 11 is 1.82. The molecule has 41 heavy (non-hydrogen) atoms. The largest absolute Gasteiger partial charge is 0.0901 e. The first-order valence-electron chi connectivity index (χ1n) is 14.3. The molecule has 0 aliphatic rings. The SMILES string of the molecule is CCc1ccc(Sc2ccc(-c3cccc4c(-c5ccccc5)c5ccccc5c(-c5ccccc5)c34)cc2)cc1. The van der Waals surface area contributed by atoms with Gasteiger partial charge in [-0.15, -0.1) is 0 Å². The maximum absolute atomic E-state index is 2.30. The second-order valence-electron chi connectivity index (χ2n) is 10.4. The normalized spacial score (nSPS) is 11.2. The van der Waals surface area contributed by atoms with Crippen LogP contribution in [0.25, 0.3) is 54.9 Å². The Kier molecular flexibility index (Phi) is 6.88. The molecule has 0 atom stereocenters. The van der Waals surface area contributed by atoms with Crippen molar-refractivity contribution >= 4 is 33.3 Å². The van der Waals surface area contributed by atoms with Crippen molar-refractivity contribution < 1.29 is 0 Å². The van der Waals surface area contributed by atoms with Gasteiger partial charge in [0, 0.05) is 9.79 Å². The predicted molar refractivity (Wildman–Crippen MR) is 178 cm³/mol. The van der Waals surface area contributed by atoms with Crippen LogP contribution in [0.1, 0.15) is 12.5 Å². The Balaban J connectivity index is 1.45. The number of hydrogen-bond donors (Lipinski definition) is 0. The number of fused-ring (bicyclic) bond motifs is 2. The van der Waals surface area contributed by atoms with Gasteiger partial charge in [0.15, 0.2) is 0 Å². The molecule has 0 N–H and O–H groups in total. The van der Waals surface area contributed by atoms with Crippen molar-refractivity contribution in [3.8, 4) is 33.4 Å². The van der Waals surface area contributed by atoms with E-state index in [0.29, 0.717) is 0 Å². The van der Waals surface area contributed by atoms with Crippen molar-refractivity contribution in [2.45, 2.75) is 23.1 Å². The molecule has 0 unspecified atom stereocenters. The maximum Gasteiger partial charge on any atom is 0.0122 e. The Morgan fingerprint density at radius 3 is 1.54 bits per heavy atom. The minimum atomic E-state index is 1.07. The third-order valence-corrected chi connectivity index (χ3v) is 8.92. The third-order valence-electron chi connectivity index (χ3n) is 7.91. The Bertz CT molecular complexity index is 1950. The third kappa shape index (κ3) is 4.84. The van der Waals surface area contributed by atoms with Crippen LogP contribution in [0.15, 0.2) is 161 Å². The van der Waals surface area contributed by atoms with Crippen LogP contribution >= 0.6 is 11.8 Å². The molecule has 0 heterocycles. The molecule has 7 aromatic rings. The molecular formula is C40H30S. The molecule has 0 spiro atoms. The summed E-state index contributed by atoms with van der Waals surface area (Å²) in [5.74, 6) is 0. The molecule has 0 nitrogen and oxygen atoms in total. The molecule has 0 amide bonds.